The van der Waals surface area contributed by atoms with Crippen molar-refractivity contribution < 1.29 is 22.8 Å². The largest absolute Gasteiger partial charge is 0.504 e. The highest BCUT2D eigenvalue weighted by Gasteiger charge is 2.16. The van der Waals surface area contributed by atoms with E-state index in [1.807, 2.05) is 6.92 Å². The molecule has 0 saturated carbocycles. The summed E-state index contributed by atoms with van der Waals surface area (Å²) in [5.74, 6) is -0.849. The average molecular weight is 260 g/mol. The Morgan fingerprint density at radius 3 is 2.47 bits per heavy atom. The number of phenolic OH excluding ortho intramolecular Hbond substituents is 2. The van der Waals surface area contributed by atoms with Crippen LogP contribution in [0, 0.1) is 0 Å². The molecule has 17 heavy (non-hydrogen) atoms. The molecule has 0 aliphatic heterocycles. The van der Waals surface area contributed by atoms with Crippen molar-refractivity contribution in [1.82, 2.24) is 0 Å². The highest BCUT2D eigenvalue weighted by atomic mass is 32.2. The fourth-order valence-electron chi connectivity index (χ4n) is 1.25. The van der Waals surface area contributed by atoms with Gasteiger partial charge in [-0.2, -0.15) is 8.42 Å². The van der Waals surface area contributed by atoms with Crippen LogP contribution in [0.15, 0.2) is 23.1 Å². The lowest BCUT2D eigenvalue weighted by atomic mass is 10.3. The first-order valence-electron chi connectivity index (χ1n) is 5.39. The summed E-state index contributed by atoms with van der Waals surface area (Å²) >= 11 is 0. The van der Waals surface area contributed by atoms with E-state index in [9.17, 15) is 13.5 Å². The van der Waals surface area contributed by atoms with Gasteiger partial charge in [0, 0.05) is 6.07 Å². The zero-order chi connectivity index (χ0) is 12.9. The van der Waals surface area contributed by atoms with E-state index in [0.717, 1.165) is 25.0 Å². The number of benzene rings is 1. The molecule has 0 spiro atoms. The quantitative estimate of drug-likeness (QED) is 0.464. The van der Waals surface area contributed by atoms with Gasteiger partial charge in [0.25, 0.3) is 10.1 Å². The Balaban J connectivity index is 2.72. The number of aromatic hydroxyl groups is 2. The molecule has 0 unspecified atom stereocenters. The van der Waals surface area contributed by atoms with Crippen molar-refractivity contribution in [2.75, 3.05) is 6.61 Å². The Morgan fingerprint density at radius 2 is 1.88 bits per heavy atom. The predicted octanol–water partition coefficient (Wildman–Crippen LogP) is 1.99. The summed E-state index contributed by atoms with van der Waals surface area (Å²) in [7, 11) is -3.85. The Morgan fingerprint density at radius 1 is 1.18 bits per heavy atom. The van der Waals surface area contributed by atoms with Crippen molar-refractivity contribution in [2.24, 2.45) is 0 Å². The van der Waals surface area contributed by atoms with Crippen LogP contribution in [-0.4, -0.2) is 25.2 Å². The fourth-order valence-corrected chi connectivity index (χ4v) is 2.21. The van der Waals surface area contributed by atoms with Gasteiger partial charge in [0.05, 0.1) is 11.5 Å². The number of phenols is 2. The van der Waals surface area contributed by atoms with Crippen LogP contribution in [-0.2, 0) is 14.3 Å². The Labute approximate surface area is 101 Å². The molecule has 6 heteroatoms. The van der Waals surface area contributed by atoms with Crippen LogP contribution in [0.4, 0.5) is 0 Å². The maximum absolute atomic E-state index is 11.6. The smallest absolute Gasteiger partial charge is 0.297 e. The summed E-state index contributed by atoms with van der Waals surface area (Å²) in [5.41, 5.74) is 0. The van der Waals surface area contributed by atoms with E-state index in [1.54, 1.807) is 0 Å². The minimum Gasteiger partial charge on any atom is -0.504 e. The molecule has 0 atom stereocenters. The average Bonchev–Trinajstić information content (AvgIpc) is 2.28. The van der Waals surface area contributed by atoms with Gasteiger partial charge in [-0.05, 0) is 18.6 Å². The molecule has 0 bridgehead atoms. The summed E-state index contributed by atoms with van der Waals surface area (Å²) in [5, 5.41) is 18.3. The summed E-state index contributed by atoms with van der Waals surface area (Å²) in [6.07, 6.45) is 2.54. The van der Waals surface area contributed by atoms with Crippen LogP contribution in [0.5, 0.6) is 11.5 Å². The molecule has 1 rings (SSSR count). The van der Waals surface area contributed by atoms with Crippen LogP contribution in [0.25, 0.3) is 0 Å². The molecule has 2 N–H and O–H groups in total. The monoisotopic (exact) mass is 260 g/mol. The maximum Gasteiger partial charge on any atom is 0.297 e. The van der Waals surface area contributed by atoms with Crippen molar-refractivity contribution in [3.05, 3.63) is 18.2 Å². The van der Waals surface area contributed by atoms with E-state index in [2.05, 4.69) is 0 Å². The molecule has 0 saturated heterocycles. The summed E-state index contributed by atoms with van der Waals surface area (Å²) in [4.78, 5) is -0.163. The molecular formula is C11H16O5S. The van der Waals surface area contributed by atoms with Crippen molar-refractivity contribution in [1.29, 1.82) is 0 Å². The van der Waals surface area contributed by atoms with Crippen molar-refractivity contribution in [3.63, 3.8) is 0 Å². The molecular weight excluding hydrogens is 244 g/mol. The Kier molecular flexibility index (Phi) is 4.77. The first-order valence-corrected chi connectivity index (χ1v) is 6.79. The Bertz CT molecular complexity index is 467. The molecule has 0 radical (unpaired) electrons. The first kappa shape index (κ1) is 13.8. The molecule has 96 valence electrons. The van der Waals surface area contributed by atoms with Gasteiger partial charge in [-0.3, -0.25) is 4.18 Å². The molecule has 0 heterocycles. The molecule has 0 aliphatic rings. The second-order valence-corrected chi connectivity index (χ2v) is 5.25. The third-order valence-electron chi connectivity index (χ3n) is 2.22. The number of unbranched alkanes of at least 4 members (excludes halogenated alkanes) is 2. The molecule has 0 aromatic heterocycles. The summed E-state index contributed by atoms with van der Waals surface area (Å²) in [6.45, 7) is 2.13. The number of hydrogen-bond donors (Lipinski definition) is 2. The number of rotatable bonds is 6. The van der Waals surface area contributed by atoms with Crippen LogP contribution >= 0.6 is 0 Å². The van der Waals surface area contributed by atoms with Crippen LogP contribution in [0.1, 0.15) is 26.2 Å². The third-order valence-corrected chi connectivity index (χ3v) is 3.53. The lowest BCUT2D eigenvalue weighted by Crippen LogP contribution is -2.07. The van der Waals surface area contributed by atoms with E-state index in [1.165, 1.54) is 6.07 Å². The zero-order valence-electron chi connectivity index (χ0n) is 9.59. The SMILES string of the molecule is CCCCCOS(=O)(=O)c1ccc(O)c(O)c1. The molecule has 1 aromatic rings. The molecule has 0 fully saturated rings. The van der Waals surface area contributed by atoms with Gasteiger partial charge in [-0.25, -0.2) is 0 Å². The molecule has 1 aromatic carbocycles. The van der Waals surface area contributed by atoms with Crippen molar-refractivity contribution >= 4 is 10.1 Å². The standard InChI is InChI=1S/C11H16O5S/c1-2-3-4-7-16-17(14,15)9-5-6-10(12)11(13)8-9/h5-6,8,12-13H,2-4,7H2,1H3. The van der Waals surface area contributed by atoms with Crippen molar-refractivity contribution in [3.8, 4) is 11.5 Å². The fraction of sp³-hybridized carbons (Fsp3) is 0.455. The van der Waals surface area contributed by atoms with Crippen LogP contribution in [0.3, 0.4) is 0 Å². The van der Waals surface area contributed by atoms with Crippen LogP contribution in [0.2, 0.25) is 0 Å². The molecule has 0 amide bonds. The minimum absolute atomic E-state index is 0.123. The predicted molar refractivity (Wildman–Crippen MR) is 62.4 cm³/mol. The van der Waals surface area contributed by atoms with Gasteiger partial charge in [-0.1, -0.05) is 19.8 Å². The Hall–Kier alpha value is -1.27. The van der Waals surface area contributed by atoms with Crippen LogP contribution < -0.4 is 0 Å². The van der Waals surface area contributed by atoms with Gasteiger partial charge in [-0.15, -0.1) is 0 Å². The van der Waals surface area contributed by atoms with Gasteiger partial charge < -0.3 is 10.2 Å². The van der Waals surface area contributed by atoms with E-state index >= 15 is 0 Å². The first-order chi connectivity index (χ1) is 7.97. The van der Waals surface area contributed by atoms with Gasteiger partial charge in [0.1, 0.15) is 0 Å². The van der Waals surface area contributed by atoms with Gasteiger partial charge in [0.2, 0.25) is 0 Å². The van der Waals surface area contributed by atoms with Crippen molar-refractivity contribution in [2.45, 2.75) is 31.1 Å². The normalized spacial score (nSPS) is 11.6. The lowest BCUT2D eigenvalue weighted by Gasteiger charge is -2.06. The number of hydrogen-bond acceptors (Lipinski definition) is 5. The van der Waals surface area contributed by atoms with E-state index in [4.69, 9.17) is 9.29 Å². The lowest BCUT2D eigenvalue weighted by molar-refractivity contribution is 0.307. The zero-order valence-corrected chi connectivity index (χ0v) is 10.4. The van der Waals surface area contributed by atoms with E-state index < -0.39 is 15.9 Å². The summed E-state index contributed by atoms with van der Waals surface area (Å²) in [6, 6.07) is 3.26. The maximum atomic E-state index is 11.6. The second-order valence-electron chi connectivity index (χ2n) is 3.63. The molecule has 5 nitrogen and oxygen atoms in total. The minimum atomic E-state index is -3.85. The second kappa shape index (κ2) is 5.88. The van der Waals surface area contributed by atoms with Gasteiger partial charge in [0.15, 0.2) is 11.5 Å². The molecule has 0 aliphatic carbocycles. The van der Waals surface area contributed by atoms with Gasteiger partial charge >= 0.3 is 0 Å². The van der Waals surface area contributed by atoms with E-state index in [-0.39, 0.29) is 17.3 Å². The summed E-state index contributed by atoms with van der Waals surface area (Å²) < 4.78 is 28.1. The highest BCUT2D eigenvalue weighted by molar-refractivity contribution is 7.86. The highest BCUT2D eigenvalue weighted by Crippen LogP contribution is 2.27. The van der Waals surface area contributed by atoms with E-state index in [0.29, 0.717) is 6.42 Å². The third kappa shape index (κ3) is 3.90. The topological polar surface area (TPSA) is 83.8 Å².